The Bertz CT molecular complexity index is 258. The standard InChI is InChI=1S/C11H22N4O/c1-9(7-11(16)13-12)15-6-5-14-4-2-3-10(14)8-15/h9-10H,2-8,12H2,1H3,(H,13,16). The molecule has 0 aliphatic carbocycles. The number of fused-ring (bicyclic) bond motifs is 1. The van der Waals surface area contributed by atoms with Crippen LogP contribution in [0.5, 0.6) is 0 Å². The highest BCUT2D eigenvalue weighted by Gasteiger charge is 2.32. The Morgan fingerprint density at radius 2 is 2.31 bits per heavy atom. The Labute approximate surface area is 96.9 Å². The number of hydrazine groups is 1. The number of amides is 1. The number of rotatable bonds is 3. The Hall–Kier alpha value is -0.650. The number of nitrogens with one attached hydrogen (secondary N) is 1. The Morgan fingerprint density at radius 3 is 3.06 bits per heavy atom. The van der Waals surface area contributed by atoms with Crippen LogP contribution in [-0.2, 0) is 4.79 Å². The van der Waals surface area contributed by atoms with E-state index < -0.39 is 0 Å². The average molecular weight is 226 g/mol. The molecule has 2 atom stereocenters. The second-order valence-corrected chi connectivity index (χ2v) is 4.95. The molecule has 5 nitrogen and oxygen atoms in total. The third-order valence-corrected chi connectivity index (χ3v) is 3.88. The first kappa shape index (κ1) is 11.8. The van der Waals surface area contributed by atoms with E-state index in [0.29, 0.717) is 12.5 Å². The summed E-state index contributed by atoms with van der Waals surface area (Å²) in [4.78, 5) is 16.2. The monoisotopic (exact) mass is 226 g/mol. The van der Waals surface area contributed by atoms with E-state index in [1.807, 2.05) is 0 Å². The van der Waals surface area contributed by atoms with E-state index in [2.05, 4.69) is 22.1 Å². The summed E-state index contributed by atoms with van der Waals surface area (Å²) < 4.78 is 0. The van der Waals surface area contributed by atoms with Gasteiger partial charge in [0, 0.05) is 38.1 Å². The van der Waals surface area contributed by atoms with Crippen molar-refractivity contribution < 1.29 is 4.79 Å². The van der Waals surface area contributed by atoms with Crippen molar-refractivity contribution in [2.75, 3.05) is 26.2 Å². The van der Waals surface area contributed by atoms with E-state index >= 15 is 0 Å². The van der Waals surface area contributed by atoms with Crippen molar-refractivity contribution in [2.24, 2.45) is 5.84 Å². The van der Waals surface area contributed by atoms with Crippen LogP contribution in [-0.4, -0.2) is 54.0 Å². The molecule has 0 radical (unpaired) electrons. The minimum Gasteiger partial charge on any atom is -0.298 e. The van der Waals surface area contributed by atoms with E-state index in [-0.39, 0.29) is 5.91 Å². The molecule has 2 heterocycles. The zero-order valence-electron chi connectivity index (χ0n) is 9.98. The summed E-state index contributed by atoms with van der Waals surface area (Å²) in [6.45, 7) is 6.71. The predicted molar refractivity (Wildman–Crippen MR) is 62.6 cm³/mol. The molecule has 92 valence electrons. The van der Waals surface area contributed by atoms with Crippen LogP contribution >= 0.6 is 0 Å². The third kappa shape index (κ3) is 2.53. The lowest BCUT2D eigenvalue weighted by Gasteiger charge is -2.40. The average Bonchev–Trinajstić information content (AvgIpc) is 2.75. The normalized spacial score (nSPS) is 28.8. The van der Waals surface area contributed by atoms with Crippen LogP contribution in [0.2, 0.25) is 0 Å². The van der Waals surface area contributed by atoms with Crippen molar-refractivity contribution >= 4 is 5.91 Å². The Morgan fingerprint density at radius 1 is 1.50 bits per heavy atom. The molecule has 0 aromatic carbocycles. The summed E-state index contributed by atoms with van der Waals surface area (Å²) in [7, 11) is 0. The summed E-state index contributed by atoms with van der Waals surface area (Å²) in [6, 6.07) is 1.02. The van der Waals surface area contributed by atoms with Crippen LogP contribution in [0, 0.1) is 0 Å². The van der Waals surface area contributed by atoms with Gasteiger partial charge in [-0.15, -0.1) is 0 Å². The van der Waals surface area contributed by atoms with E-state index in [1.54, 1.807) is 0 Å². The maximum absolute atomic E-state index is 11.2. The maximum Gasteiger partial charge on any atom is 0.235 e. The fraction of sp³-hybridized carbons (Fsp3) is 0.909. The molecule has 1 amide bonds. The zero-order valence-corrected chi connectivity index (χ0v) is 9.98. The van der Waals surface area contributed by atoms with E-state index in [1.165, 1.54) is 19.4 Å². The lowest BCUT2D eigenvalue weighted by atomic mass is 10.1. The van der Waals surface area contributed by atoms with Crippen molar-refractivity contribution in [1.82, 2.24) is 15.2 Å². The van der Waals surface area contributed by atoms with Gasteiger partial charge in [0.1, 0.15) is 0 Å². The Kier molecular flexibility index (Phi) is 3.78. The minimum atomic E-state index is -0.0682. The second-order valence-electron chi connectivity index (χ2n) is 4.95. The molecule has 0 aromatic rings. The molecule has 3 N–H and O–H groups in total. The fourth-order valence-electron chi connectivity index (χ4n) is 2.87. The summed E-state index contributed by atoms with van der Waals surface area (Å²) in [5, 5.41) is 0. The van der Waals surface area contributed by atoms with E-state index in [9.17, 15) is 4.79 Å². The van der Waals surface area contributed by atoms with Crippen LogP contribution in [0.25, 0.3) is 0 Å². The molecule has 0 bridgehead atoms. The molecule has 2 aliphatic heterocycles. The lowest BCUT2D eigenvalue weighted by molar-refractivity contribution is -0.122. The quantitative estimate of drug-likeness (QED) is 0.388. The van der Waals surface area contributed by atoms with Crippen molar-refractivity contribution in [1.29, 1.82) is 0 Å². The molecule has 0 saturated carbocycles. The van der Waals surface area contributed by atoms with Crippen molar-refractivity contribution in [3.05, 3.63) is 0 Å². The first-order chi connectivity index (χ1) is 7.70. The first-order valence-electron chi connectivity index (χ1n) is 6.18. The molecule has 2 aliphatic rings. The maximum atomic E-state index is 11.2. The number of carbonyl (C=O) groups is 1. The second kappa shape index (κ2) is 5.12. The van der Waals surface area contributed by atoms with E-state index in [0.717, 1.165) is 25.7 Å². The molecular weight excluding hydrogens is 204 g/mol. The van der Waals surface area contributed by atoms with Gasteiger partial charge in [-0.05, 0) is 26.3 Å². The summed E-state index contributed by atoms with van der Waals surface area (Å²) in [6.07, 6.45) is 3.14. The molecule has 2 fully saturated rings. The van der Waals surface area contributed by atoms with Gasteiger partial charge in [0.25, 0.3) is 0 Å². The highest BCUT2D eigenvalue weighted by atomic mass is 16.2. The highest BCUT2D eigenvalue weighted by molar-refractivity contribution is 5.75. The largest absolute Gasteiger partial charge is 0.298 e. The van der Waals surface area contributed by atoms with Crippen LogP contribution in [0.1, 0.15) is 26.2 Å². The van der Waals surface area contributed by atoms with Crippen LogP contribution in [0.15, 0.2) is 0 Å². The van der Waals surface area contributed by atoms with Gasteiger partial charge < -0.3 is 0 Å². The highest BCUT2D eigenvalue weighted by Crippen LogP contribution is 2.23. The number of piperazine rings is 1. The molecule has 16 heavy (non-hydrogen) atoms. The van der Waals surface area contributed by atoms with Crippen LogP contribution in [0.3, 0.4) is 0 Å². The molecule has 2 unspecified atom stereocenters. The van der Waals surface area contributed by atoms with Crippen molar-refractivity contribution in [2.45, 2.75) is 38.3 Å². The van der Waals surface area contributed by atoms with Gasteiger partial charge in [-0.1, -0.05) is 0 Å². The summed E-state index contributed by atoms with van der Waals surface area (Å²) in [5.41, 5.74) is 2.21. The molecule has 2 saturated heterocycles. The number of carbonyl (C=O) groups excluding carboxylic acids is 1. The van der Waals surface area contributed by atoms with Crippen LogP contribution < -0.4 is 11.3 Å². The van der Waals surface area contributed by atoms with Crippen molar-refractivity contribution in [3.8, 4) is 0 Å². The number of nitrogens with two attached hydrogens (primary N) is 1. The molecule has 0 aromatic heterocycles. The smallest absolute Gasteiger partial charge is 0.235 e. The third-order valence-electron chi connectivity index (χ3n) is 3.88. The van der Waals surface area contributed by atoms with Gasteiger partial charge in [-0.25, -0.2) is 5.84 Å². The first-order valence-corrected chi connectivity index (χ1v) is 6.18. The zero-order chi connectivity index (χ0) is 11.5. The van der Waals surface area contributed by atoms with Gasteiger partial charge in [0.15, 0.2) is 0 Å². The fourth-order valence-corrected chi connectivity index (χ4v) is 2.87. The Balaban J connectivity index is 1.83. The topological polar surface area (TPSA) is 61.6 Å². The van der Waals surface area contributed by atoms with Gasteiger partial charge in [0.2, 0.25) is 5.91 Å². The predicted octanol–water partition coefficient (Wildman–Crippen LogP) is -0.465. The van der Waals surface area contributed by atoms with Crippen molar-refractivity contribution in [3.63, 3.8) is 0 Å². The number of nitrogens with zero attached hydrogens (tertiary/aromatic N) is 2. The molecular formula is C11H22N4O. The molecule has 5 heteroatoms. The summed E-state index contributed by atoms with van der Waals surface area (Å²) >= 11 is 0. The van der Waals surface area contributed by atoms with E-state index in [4.69, 9.17) is 5.84 Å². The molecule has 2 rings (SSSR count). The SMILES string of the molecule is CC(CC(=O)NN)N1CCN2CCCC2C1. The molecule has 0 spiro atoms. The minimum absolute atomic E-state index is 0.0682. The lowest BCUT2D eigenvalue weighted by Crippen LogP contribution is -2.53. The number of hydrogen-bond acceptors (Lipinski definition) is 4. The number of hydrogen-bond donors (Lipinski definition) is 2. The van der Waals surface area contributed by atoms with Gasteiger partial charge in [-0.2, -0.15) is 0 Å². The van der Waals surface area contributed by atoms with Gasteiger partial charge in [-0.3, -0.25) is 20.0 Å². The van der Waals surface area contributed by atoms with Gasteiger partial charge >= 0.3 is 0 Å². The van der Waals surface area contributed by atoms with Crippen LogP contribution in [0.4, 0.5) is 0 Å². The summed E-state index contributed by atoms with van der Waals surface area (Å²) in [5.74, 6) is 5.04. The van der Waals surface area contributed by atoms with Gasteiger partial charge in [0.05, 0.1) is 0 Å².